The van der Waals surface area contributed by atoms with E-state index in [0.717, 1.165) is 40.1 Å². The molecule has 4 aromatic rings. The van der Waals surface area contributed by atoms with Crippen LogP contribution in [0.25, 0.3) is 27.8 Å². The van der Waals surface area contributed by atoms with Crippen LogP contribution in [0.5, 0.6) is 0 Å². The molecule has 0 aliphatic heterocycles. The summed E-state index contributed by atoms with van der Waals surface area (Å²) in [5, 5.41) is 19.9. The molecule has 0 radical (unpaired) electrons. The highest BCUT2D eigenvalue weighted by atomic mass is 16.3. The number of nitrogens with zero attached hydrogens (tertiary/aromatic N) is 5. The lowest BCUT2D eigenvalue weighted by Gasteiger charge is -2.18. The summed E-state index contributed by atoms with van der Waals surface area (Å²) in [5.41, 5.74) is 5.75. The van der Waals surface area contributed by atoms with E-state index in [1.165, 1.54) is 0 Å². The van der Waals surface area contributed by atoms with Crippen LogP contribution in [0.2, 0.25) is 0 Å². The summed E-state index contributed by atoms with van der Waals surface area (Å²) in [4.78, 5) is 2.06. The van der Waals surface area contributed by atoms with Gasteiger partial charge in [-0.2, -0.15) is 10.2 Å². The lowest BCUT2D eigenvalue weighted by molar-refractivity contribution is 0.276. The molecule has 27 heavy (non-hydrogen) atoms. The van der Waals surface area contributed by atoms with Gasteiger partial charge in [-0.1, -0.05) is 24.3 Å². The Balaban J connectivity index is 1.93. The third kappa shape index (κ3) is 2.98. The quantitative estimate of drug-likeness (QED) is 0.591. The van der Waals surface area contributed by atoms with Crippen LogP contribution in [-0.4, -0.2) is 38.8 Å². The number of benzene rings is 2. The topological polar surface area (TPSA) is 59.1 Å². The van der Waals surface area contributed by atoms with E-state index < -0.39 is 0 Å². The fourth-order valence-electron chi connectivity index (χ4n) is 3.40. The molecule has 0 aliphatic rings. The summed E-state index contributed by atoms with van der Waals surface area (Å²) >= 11 is 0. The van der Waals surface area contributed by atoms with Gasteiger partial charge in [0.15, 0.2) is 0 Å². The van der Waals surface area contributed by atoms with Crippen molar-refractivity contribution in [3.63, 3.8) is 0 Å². The summed E-state index contributed by atoms with van der Waals surface area (Å²) in [6, 6.07) is 16.4. The predicted molar refractivity (Wildman–Crippen MR) is 108 cm³/mol. The van der Waals surface area contributed by atoms with Crippen molar-refractivity contribution >= 4 is 16.6 Å². The molecule has 6 nitrogen and oxygen atoms in total. The average Bonchev–Trinajstić information content (AvgIpc) is 3.31. The second kappa shape index (κ2) is 6.89. The Hall–Kier alpha value is -3.12. The van der Waals surface area contributed by atoms with Crippen molar-refractivity contribution in [1.82, 2.24) is 19.6 Å². The molecular weight excluding hydrogens is 338 g/mol. The van der Waals surface area contributed by atoms with E-state index in [1.807, 2.05) is 53.9 Å². The zero-order valence-corrected chi connectivity index (χ0v) is 15.8. The van der Waals surface area contributed by atoms with Gasteiger partial charge in [-0.3, -0.25) is 4.68 Å². The summed E-state index contributed by atoms with van der Waals surface area (Å²) in [6.45, 7) is 2.80. The van der Waals surface area contributed by atoms with E-state index in [-0.39, 0.29) is 6.61 Å². The van der Waals surface area contributed by atoms with Gasteiger partial charge in [-0.25, -0.2) is 4.68 Å². The summed E-state index contributed by atoms with van der Waals surface area (Å²) < 4.78 is 3.90. The van der Waals surface area contributed by atoms with Gasteiger partial charge < -0.3 is 10.0 Å². The normalized spacial score (nSPS) is 11.3. The van der Waals surface area contributed by atoms with Crippen LogP contribution in [0.1, 0.15) is 12.6 Å². The van der Waals surface area contributed by atoms with Crippen molar-refractivity contribution < 1.29 is 5.11 Å². The van der Waals surface area contributed by atoms with Gasteiger partial charge in [0.25, 0.3) is 0 Å². The zero-order chi connectivity index (χ0) is 19.0. The maximum Gasteiger partial charge on any atom is 0.0889 e. The molecule has 0 saturated heterocycles. The fourth-order valence-corrected chi connectivity index (χ4v) is 3.40. The standard InChI is InChI=1S/C21H23N5O/c1-4-25-20-11-15(9-10-16(20)13-22-25)21-12-17(14-27)23-26(21)19-8-6-5-7-18(19)24(2)3/h5-13,27H,4,14H2,1-3H3. The van der Waals surface area contributed by atoms with Crippen LogP contribution in [0.3, 0.4) is 0 Å². The van der Waals surface area contributed by atoms with Crippen LogP contribution < -0.4 is 4.90 Å². The van der Waals surface area contributed by atoms with Gasteiger partial charge >= 0.3 is 0 Å². The summed E-state index contributed by atoms with van der Waals surface area (Å²) in [5.74, 6) is 0. The number of hydrogen-bond donors (Lipinski definition) is 1. The highest BCUT2D eigenvalue weighted by Crippen LogP contribution is 2.31. The molecule has 138 valence electrons. The molecule has 0 saturated carbocycles. The first-order valence-corrected chi connectivity index (χ1v) is 9.05. The lowest BCUT2D eigenvalue weighted by Crippen LogP contribution is -2.13. The number of aromatic nitrogens is 4. The number of para-hydroxylation sites is 2. The second-order valence-electron chi connectivity index (χ2n) is 6.71. The van der Waals surface area contributed by atoms with Gasteiger partial charge in [0.2, 0.25) is 0 Å². The van der Waals surface area contributed by atoms with E-state index in [1.54, 1.807) is 0 Å². The molecule has 0 amide bonds. The molecule has 2 aromatic heterocycles. The van der Waals surface area contributed by atoms with Crippen LogP contribution >= 0.6 is 0 Å². The number of fused-ring (bicyclic) bond motifs is 1. The number of anilines is 1. The highest BCUT2D eigenvalue weighted by molar-refractivity contribution is 5.84. The van der Waals surface area contributed by atoms with Gasteiger partial charge in [0.05, 0.1) is 41.1 Å². The smallest absolute Gasteiger partial charge is 0.0889 e. The van der Waals surface area contributed by atoms with Crippen molar-refractivity contribution in [3.05, 3.63) is 60.4 Å². The Bertz CT molecular complexity index is 1090. The van der Waals surface area contributed by atoms with Crippen molar-refractivity contribution in [3.8, 4) is 16.9 Å². The van der Waals surface area contributed by atoms with E-state index in [9.17, 15) is 5.11 Å². The molecular formula is C21H23N5O. The van der Waals surface area contributed by atoms with Gasteiger partial charge in [-0.15, -0.1) is 0 Å². The Morgan fingerprint density at radius 3 is 2.63 bits per heavy atom. The number of rotatable bonds is 5. The van der Waals surface area contributed by atoms with Gasteiger partial charge in [0.1, 0.15) is 0 Å². The monoisotopic (exact) mass is 361 g/mol. The largest absolute Gasteiger partial charge is 0.390 e. The number of aryl methyl sites for hydroxylation is 1. The number of aliphatic hydroxyl groups is 1. The number of hydrogen-bond acceptors (Lipinski definition) is 4. The van der Waals surface area contributed by atoms with E-state index >= 15 is 0 Å². The van der Waals surface area contributed by atoms with Crippen molar-refractivity contribution in [2.75, 3.05) is 19.0 Å². The molecule has 0 spiro atoms. The van der Waals surface area contributed by atoms with Crippen molar-refractivity contribution in [1.29, 1.82) is 0 Å². The van der Waals surface area contributed by atoms with Crippen LogP contribution in [0, 0.1) is 0 Å². The third-order valence-electron chi connectivity index (χ3n) is 4.75. The first kappa shape index (κ1) is 17.3. The van der Waals surface area contributed by atoms with E-state index in [4.69, 9.17) is 0 Å². The predicted octanol–water partition coefficient (Wildman–Crippen LogP) is 3.47. The van der Waals surface area contributed by atoms with Crippen molar-refractivity contribution in [2.45, 2.75) is 20.1 Å². The molecule has 2 aromatic carbocycles. The molecule has 0 fully saturated rings. The molecule has 2 heterocycles. The Morgan fingerprint density at radius 2 is 1.89 bits per heavy atom. The lowest BCUT2D eigenvalue weighted by atomic mass is 10.1. The Labute approximate surface area is 158 Å². The Kier molecular flexibility index (Phi) is 4.41. The first-order valence-electron chi connectivity index (χ1n) is 9.05. The minimum atomic E-state index is -0.0979. The first-order chi connectivity index (χ1) is 13.1. The SMILES string of the molecule is CCn1ncc2ccc(-c3cc(CO)nn3-c3ccccc3N(C)C)cc21. The maximum atomic E-state index is 9.67. The average molecular weight is 361 g/mol. The summed E-state index contributed by atoms with van der Waals surface area (Å²) in [7, 11) is 4.03. The van der Waals surface area contributed by atoms with Crippen LogP contribution in [-0.2, 0) is 13.2 Å². The van der Waals surface area contributed by atoms with Gasteiger partial charge in [-0.05, 0) is 31.2 Å². The maximum absolute atomic E-state index is 9.67. The van der Waals surface area contributed by atoms with E-state index in [0.29, 0.717) is 5.69 Å². The third-order valence-corrected chi connectivity index (χ3v) is 4.75. The molecule has 1 N–H and O–H groups in total. The highest BCUT2D eigenvalue weighted by Gasteiger charge is 2.16. The zero-order valence-electron chi connectivity index (χ0n) is 15.8. The molecule has 0 atom stereocenters. The van der Waals surface area contributed by atoms with Crippen molar-refractivity contribution in [2.24, 2.45) is 0 Å². The molecule has 6 heteroatoms. The van der Waals surface area contributed by atoms with Gasteiger partial charge in [0, 0.05) is 31.6 Å². The second-order valence-corrected chi connectivity index (χ2v) is 6.71. The minimum Gasteiger partial charge on any atom is -0.390 e. The Morgan fingerprint density at radius 1 is 1.07 bits per heavy atom. The number of aliphatic hydroxyl groups excluding tert-OH is 1. The summed E-state index contributed by atoms with van der Waals surface area (Å²) in [6.07, 6.45) is 1.89. The van der Waals surface area contributed by atoms with Crippen LogP contribution in [0.15, 0.2) is 54.7 Å². The van der Waals surface area contributed by atoms with E-state index in [2.05, 4.69) is 46.3 Å². The molecule has 4 rings (SSSR count). The molecule has 0 bridgehead atoms. The fraction of sp³-hybridized carbons (Fsp3) is 0.238. The minimum absolute atomic E-state index is 0.0979. The van der Waals surface area contributed by atoms with Crippen LogP contribution in [0.4, 0.5) is 5.69 Å². The molecule has 0 unspecified atom stereocenters. The molecule has 0 aliphatic carbocycles.